The van der Waals surface area contributed by atoms with Gasteiger partial charge in [0.15, 0.2) is 6.10 Å². The highest BCUT2D eigenvalue weighted by Crippen LogP contribution is 2.45. The van der Waals surface area contributed by atoms with Crippen LogP contribution in [-0.4, -0.2) is 95.9 Å². The molecule has 0 bridgehead atoms. The Labute approximate surface area is 578 Å². The summed E-state index contributed by atoms with van der Waals surface area (Å²) in [5.41, 5.74) is 0. The van der Waals surface area contributed by atoms with Gasteiger partial charge in [-0.2, -0.15) is 0 Å². The van der Waals surface area contributed by atoms with Gasteiger partial charge in [0, 0.05) is 19.3 Å². The van der Waals surface area contributed by atoms with Crippen LogP contribution in [0.25, 0.3) is 0 Å². The zero-order chi connectivity index (χ0) is 69.5. The van der Waals surface area contributed by atoms with Crippen molar-refractivity contribution in [3.63, 3.8) is 0 Å². The van der Waals surface area contributed by atoms with Crippen LogP contribution in [0, 0.1) is 0 Å². The Kier molecular flexibility index (Phi) is 68.2. The number of ether oxygens (including phenoxy) is 3. The first kappa shape index (κ1) is 91.7. The van der Waals surface area contributed by atoms with Crippen molar-refractivity contribution in [3.8, 4) is 0 Å². The molecule has 5 unspecified atom stereocenters. The molecule has 0 aliphatic rings. The van der Waals surface area contributed by atoms with Crippen LogP contribution in [0.4, 0.5) is 0 Å². The van der Waals surface area contributed by atoms with Gasteiger partial charge in [-0.15, -0.1) is 0 Å². The van der Waals surface area contributed by atoms with Crippen LogP contribution in [0.5, 0.6) is 0 Å². The molecule has 0 saturated carbocycles. The van der Waals surface area contributed by atoms with E-state index in [0.29, 0.717) is 19.3 Å². The van der Waals surface area contributed by atoms with E-state index in [2.05, 4.69) is 106 Å². The smallest absolute Gasteiger partial charge is 0.463 e. The van der Waals surface area contributed by atoms with Crippen LogP contribution in [-0.2, 0) is 55.8 Å². The fourth-order valence-electron chi connectivity index (χ4n) is 10.3. The maximum Gasteiger partial charge on any atom is 0.472 e. The average molecular weight is 1380 g/mol. The van der Waals surface area contributed by atoms with Crippen molar-refractivity contribution in [2.24, 2.45) is 0 Å². The van der Waals surface area contributed by atoms with Crippen LogP contribution < -0.4 is 0 Å². The molecule has 95 heavy (non-hydrogen) atoms. The monoisotopic (exact) mass is 1380 g/mol. The third-order valence-electron chi connectivity index (χ3n) is 16.1. The molecule has 0 fully saturated rings. The minimum Gasteiger partial charge on any atom is -0.463 e. The molecule has 552 valence electrons. The van der Waals surface area contributed by atoms with Crippen LogP contribution in [0.2, 0.25) is 0 Å². The molecule has 0 aromatic rings. The van der Waals surface area contributed by atoms with Gasteiger partial charge in [0.2, 0.25) is 0 Å². The van der Waals surface area contributed by atoms with Crippen LogP contribution in [0.1, 0.15) is 329 Å². The van der Waals surface area contributed by atoms with E-state index in [1.165, 1.54) is 141 Å². The summed E-state index contributed by atoms with van der Waals surface area (Å²) in [6, 6.07) is 0. The quantitative estimate of drug-likeness (QED) is 0.0146. The molecule has 18 heteroatoms. The van der Waals surface area contributed by atoms with E-state index in [1.54, 1.807) is 0 Å². The van der Waals surface area contributed by atoms with Crippen molar-refractivity contribution >= 4 is 33.6 Å². The molecule has 16 nitrogen and oxygen atoms in total. The largest absolute Gasteiger partial charge is 0.472 e. The number of rotatable bonds is 72. The van der Waals surface area contributed by atoms with Crippen LogP contribution >= 0.6 is 15.6 Å². The molecule has 0 spiro atoms. The van der Waals surface area contributed by atoms with E-state index in [-0.39, 0.29) is 19.3 Å². The average Bonchev–Trinajstić information content (AvgIpc) is 1.81. The normalized spacial score (nSPS) is 14.6. The molecule has 5 atom stereocenters. The highest BCUT2D eigenvalue weighted by molar-refractivity contribution is 7.47. The van der Waals surface area contributed by atoms with E-state index in [9.17, 15) is 43.5 Å². The summed E-state index contributed by atoms with van der Waals surface area (Å²) in [4.78, 5) is 58.5. The van der Waals surface area contributed by atoms with Crippen molar-refractivity contribution in [2.75, 3.05) is 39.6 Å². The van der Waals surface area contributed by atoms with Crippen LogP contribution in [0.3, 0.4) is 0 Å². The topological polar surface area (TPSA) is 231 Å². The number of aliphatic hydroxyl groups is 2. The predicted octanol–water partition coefficient (Wildman–Crippen LogP) is 21.7. The maximum atomic E-state index is 12.9. The number of hydrogen-bond donors (Lipinski definition) is 4. The summed E-state index contributed by atoms with van der Waals surface area (Å²) in [6.07, 6.45) is 77.7. The highest BCUT2D eigenvalue weighted by atomic mass is 31.2. The molecule has 0 aliphatic heterocycles. The second kappa shape index (κ2) is 70.6. The van der Waals surface area contributed by atoms with Gasteiger partial charge in [-0.25, -0.2) is 9.13 Å². The predicted molar refractivity (Wildman–Crippen MR) is 390 cm³/mol. The molecule has 0 amide bonds. The van der Waals surface area contributed by atoms with E-state index in [0.717, 1.165) is 128 Å². The second-order valence-corrected chi connectivity index (χ2v) is 28.4. The summed E-state index contributed by atoms with van der Waals surface area (Å²) >= 11 is 0. The number of unbranched alkanes of at least 4 members (excludes halogenated alkanes) is 35. The molecule has 0 aromatic heterocycles. The second-order valence-electron chi connectivity index (χ2n) is 25.5. The Hall–Kier alpha value is -3.27. The Morgan fingerprint density at radius 1 is 0.295 bits per heavy atom. The first-order valence-corrected chi connectivity index (χ1v) is 40.9. The number of allylic oxidation sites excluding steroid dienone is 14. The van der Waals surface area contributed by atoms with Gasteiger partial charge in [-0.1, -0.05) is 292 Å². The third-order valence-corrected chi connectivity index (χ3v) is 18.0. The van der Waals surface area contributed by atoms with Gasteiger partial charge >= 0.3 is 33.6 Å². The molecular weight excluding hydrogens is 1240 g/mol. The van der Waals surface area contributed by atoms with Crippen molar-refractivity contribution in [2.45, 2.75) is 347 Å². The lowest BCUT2D eigenvalue weighted by Gasteiger charge is -2.21. The minimum absolute atomic E-state index is 0.106. The number of phosphoric acid groups is 2. The molecule has 0 heterocycles. The number of carbonyl (C=O) groups excluding carboxylic acids is 3. The van der Waals surface area contributed by atoms with Crippen molar-refractivity contribution in [1.29, 1.82) is 0 Å². The fraction of sp³-hybridized carbons (Fsp3) is 0.779. The standard InChI is InChI=1S/C77H138O16P2/c1-4-7-10-13-16-19-22-25-27-29-31-32-33-34-35-36-37-38-40-42-43-46-48-51-54-57-60-63-75(80)87-66-72(78)67-89-94(83,84)90-68-73(79)69-91-95(85,86)92-71-74(93-77(82)65-62-59-56-53-50-45-24-21-18-15-12-9-6-3)70-88-76(81)64-61-58-55-52-49-47-44-41-39-30-28-26-23-20-17-14-11-8-5-2/h16-17,19-20,25-28,31-32,34-35,39,41,72-74,78-79H,4-15,18,21-24,29-30,33,36-38,40,42-71H2,1-3H3,(H,83,84)(H,85,86)/b19-16-,20-17-,27-25-,28-26-,32-31-,35-34-,41-39-. The Morgan fingerprint density at radius 3 is 0.853 bits per heavy atom. The lowest BCUT2D eigenvalue weighted by molar-refractivity contribution is -0.161. The summed E-state index contributed by atoms with van der Waals surface area (Å²) < 4.78 is 61.0. The van der Waals surface area contributed by atoms with Crippen molar-refractivity contribution in [3.05, 3.63) is 85.1 Å². The molecule has 4 N–H and O–H groups in total. The van der Waals surface area contributed by atoms with E-state index < -0.39 is 91.5 Å². The van der Waals surface area contributed by atoms with Crippen molar-refractivity contribution < 1.29 is 75.8 Å². The first-order valence-electron chi connectivity index (χ1n) is 37.9. The van der Waals surface area contributed by atoms with E-state index >= 15 is 0 Å². The zero-order valence-electron chi connectivity index (χ0n) is 60.1. The number of aliphatic hydroxyl groups excluding tert-OH is 2. The van der Waals surface area contributed by atoms with Gasteiger partial charge in [0.1, 0.15) is 25.4 Å². The molecule has 0 aromatic carbocycles. The summed E-state index contributed by atoms with van der Waals surface area (Å²) in [5.74, 6) is -1.58. The molecule has 0 aliphatic carbocycles. The summed E-state index contributed by atoms with van der Waals surface area (Å²) in [5, 5.41) is 20.6. The van der Waals surface area contributed by atoms with Crippen LogP contribution in [0.15, 0.2) is 85.1 Å². The van der Waals surface area contributed by atoms with Gasteiger partial charge in [0.05, 0.1) is 26.4 Å². The van der Waals surface area contributed by atoms with E-state index in [1.807, 2.05) is 0 Å². The molecule has 0 radical (unpaired) electrons. The summed E-state index contributed by atoms with van der Waals surface area (Å²) in [7, 11) is -9.78. The number of hydrogen-bond acceptors (Lipinski definition) is 14. The SMILES string of the molecule is CCCCC/C=C\C/C=C\C/C=C\C/C=C\CCCCCCCCCCCCCC(=O)OCC(O)COP(=O)(O)OCC(O)COP(=O)(O)OCC(COC(=O)CCCCCCCC/C=C\C/C=C\C/C=C\CCCCC)OC(=O)CCCCCCCCCCCCCCC. The van der Waals surface area contributed by atoms with Crippen molar-refractivity contribution in [1.82, 2.24) is 0 Å². The Morgan fingerprint density at radius 2 is 0.526 bits per heavy atom. The Bertz CT molecular complexity index is 2070. The Balaban J connectivity index is 4.51. The first-order chi connectivity index (χ1) is 46.2. The van der Waals surface area contributed by atoms with Gasteiger partial charge in [-0.05, 0) is 103 Å². The third kappa shape index (κ3) is 71.8. The van der Waals surface area contributed by atoms with Gasteiger partial charge < -0.3 is 34.2 Å². The van der Waals surface area contributed by atoms with Gasteiger partial charge in [-0.3, -0.25) is 32.5 Å². The minimum atomic E-state index is -4.92. The molecule has 0 saturated heterocycles. The zero-order valence-corrected chi connectivity index (χ0v) is 61.9. The van der Waals surface area contributed by atoms with Gasteiger partial charge in [0.25, 0.3) is 0 Å². The maximum absolute atomic E-state index is 12.9. The number of phosphoric ester groups is 2. The molecular formula is C77H138O16P2. The lowest BCUT2D eigenvalue weighted by Crippen LogP contribution is -2.30. The summed E-state index contributed by atoms with van der Waals surface area (Å²) in [6.45, 7) is 2.64. The highest BCUT2D eigenvalue weighted by Gasteiger charge is 2.29. The number of esters is 3. The van der Waals surface area contributed by atoms with E-state index in [4.69, 9.17) is 32.3 Å². The fourth-order valence-corrected chi connectivity index (χ4v) is 11.9. The number of carbonyl (C=O) groups is 3. The lowest BCUT2D eigenvalue weighted by atomic mass is 10.0. The molecule has 0 rings (SSSR count).